The van der Waals surface area contributed by atoms with Crippen LogP contribution in [0.1, 0.15) is 0 Å². The SMILES string of the molecule is C1=NCSc2nc3ccccc3n21. The fourth-order valence-corrected chi connectivity index (χ4v) is 2.15. The standard InChI is InChI=1S/C9H7N3S/c1-2-4-8-7(3-1)11-9-12(8)5-10-6-13-9/h1-5H,6H2. The van der Waals surface area contributed by atoms with E-state index in [0.717, 1.165) is 22.1 Å². The zero-order valence-corrected chi connectivity index (χ0v) is 7.66. The van der Waals surface area contributed by atoms with E-state index in [2.05, 4.69) is 16.0 Å². The molecule has 0 saturated carbocycles. The van der Waals surface area contributed by atoms with Gasteiger partial charge in [-0.15, -0.1) is 0 Å². The van der Waals surface area contributed by atoms with Crippen LogP contribution in [0, 0.1) is 0 Å². The van der Waals surface area contributed by atoms with Crippen molar-refractivity contribution in [1.29, 1.82) is 0 Å². The van der Waals surface area contributed by atoms with Crippen LogP contribution in [0.5, 0.6) is 0 Å². The van der Waals surface area contributed by atoms with Crippen LogP contribution >= 0.6 is 11.8 Å². The summed E-state index contributed by atoms with van der Waals surface area (Å²) in [5.41, 5.74) is 2.17. The summed E-state index contributed by atoms with van der Waals surface area (Å²) in [6, 6.07) is 8.10. The lowest BCUT2D eigenvalue weighted by atomic mass is 10.3. The summed E-state index contributed by atoms with van der Waals surface area (Å²) in [6.07, 6.45) is 1.85. The van der Waals surface area contributed by atoms with E-state index in [4.69, 9.17) is 0 Å². The first kappa shape index (κ1) is 7.15. The van der Waals surface area contributed by atoms with Gasteiger partial charge in [0.1, 0.15) is 0 Å². The Morgan fingerprint density at radius 1 is 1.31 bits per heavy atom. The fraction of sp³-hybridized carbons (Fsp3) is 0.111. The van der Waals surface area contributed by atoms with Gasteiger partial charge < -0.3 is 0 Å². The largest absolute Gasteiger partial charge is 0.278 e. The van der Waals surface area contributed by atoms with Crippen molar-refractivity contribution < 1.29 is 0 Å². The summed E-state index contributed by atoms with van der Waals surface area (Å²) >= 11 is 1.67. The summed E-state index contributed by atoms with van der Waals surface area (Å²) in [5.74, 6) is 0.781. The molecule has 4 heteroatoms. The molecule has 1 aliphatic rings. The molecule has 0 radical (unpaired) electrons. The van der Waals surface area contributed by atoms with E-state index in [1.807, 2.05) is 29.1 Å². The molecule has 3 nitrogen and oxygen atoms in total. The summed E-state index contributed by atoms with van der Waals surface area (Å²) < 4.78 is 2.03. The molecule has 0 bridgehead atoms. The molecule has 1 aliphatic heterocycles. The van der Waals surface area contributed by atoms with E-state index in [1.54, 1.807) is 11.8 Å². The minimum atomic E-state index is 0.781. The average molecular weight is 189 g/mol. The lowest BCUT2D eigenvalue weighted by molar-refractivity contribution is 0.964. The van der Waals surface area contributed by atoms with Gasteiger partial charge in [0.25, 0.3) is 0 Å². The minimum absolute atomic E-state index is 0.781. The Balaban J connectivity index is 2.42. The monoisotopic (exact) mass is 189 g/mol. The van der Waals surface area contributed by atoms with Crippen molar-refractivity contribution in [2.75, 3.05) is 5.88 Å². The van der Waals surface area contributed by atoms with E-state index in [0.29, 0.717) is 0 Å². The van der Waals surface area contributed by atoms with E-state index < -0.39 is 0 Å². The number of aliphatic imine (C=N–C) groups is 1. The molecular weight excluding hydrogens is 182 g/mol. The lowest BCUT2D eigenvalue weighted by Gasteiger charge is -2.05. The van der Waals surface area contributed by atoms with Gasteiger partial charge in [0.15, 0.2) is 5.16 Å². The van der Waals surface area contributed by atoms with Crippen molar-refractivity contribution in [3.8, 4) is 0 Å². The van der Waals surface area contributed by atoms with Crippen molar-refractivity contribution >= 4 is 29.1 Å². The van der Waals surface area contributed by atoms with Gasteiger partial charge in [-0.2, -0.15) is 0 Å². The number of hydrogen-bond donors (Lipinski definition) is 0. The van der Waals surface area contributed by atoms with E-state index in [-0.39, 0.29) is 0 Å². The molecule has 0 fully saturated rings. The molecule has 2 aromatic rings. The van der Waals surface area contributed by atoms with Gasteiger partial charge in [-0.1, -0.05) is 23.9 Å². The normalized spacial score (nSPS) is 14.8. The number of hydrogen-bond acceptors (Lipinski definition) is 3. The molecule has 64 valence electrons. The molecule has 13 heavy (non-hydrogen) atoms. The molecule has 1 aromatic carbocycles. The maximum absolute atomic E-state index is 4.49. The van der Waals surface area contributed by atoms with Gasteiger partial charge >= 0.3 is 0 Å². The topological polar surface area (TPSA) is 30.2 Å². The molecule has 3 rings (SSSR count). The number of benzene rings is 1. The van der Waals surface area contributed by atoms with Gasteiger partial charge in [-0.25, -0.2) is 4.98 Å². The van der Waals surface area contributed by atoms with Crippen LogP contribution in [0.25, 0.3) is 11.0 Å². The molecule has 0 aliphatic carbocycles. The predicted octanol–water partition coefficient (Wildman–Crippen LogP) is 1.98. The Morgan fingerprint density at radius 3 is 3.23 bits per heavy atom. The number of nitrogens with zero attached hydrogens (tertiary/aromatic N) is 3. The first-order chi connectivity index (χ1) is 6.45. The fourth-order valence-electron chi connectivity index (χ4n) is 1.45. The van der Waals surface area contributed by atoms with Crippen LogP contribution in [-0.2, 0) is 0 Å². The highest BCUT2D eigenvalue weighted by Gasteiger charge is 2.10. The van der Waals surface area contributed by atoms with Gasteiger partial charge in [0.05, 0.1) is 23.2 Å². The molecule has 0 amide bonds. The Labute approximate surface area is 79.5 Å². The Hall–Kier alpha value is -1.29. The maximum Gasteiger partial charge on any atom is 0.176 e. The van der Waals surface area contributed by atoms with Crippen molar-refractivity contribution in [3.05, 3.63) is 24.3 Å². The molecule has 0 unspecified atom stereocenters. The van der Waals surface area contributed by atoms with Crippen LogP contribution in [0.3, 0.4) is 0 Å². The third-order valence-electron chi connectivity index (χ3n) is 2.03. The zero-order chi connectivity index (χ0) is 8.67. The second-order valence-corrected chi connectivity index (χ2v) is 3.74. The van der Waals surface area contributed by atoms with Crippen LogP contribution < -0.4 is 0 Å². The van der Waals surface area contributed by atoms with Crippen molar-refractivity contribution in [2.24, 2.45) is 4.99 Å². The van der Waals surface area contributed by atoms with Gasteiger partial charge in [0.2, 0.25) is 0 Å². The van der Waals surface area contributed by atoms with E-state index in [9.17, 15) is 0 Å². The molecule has 2 heterocycles. The molecular formula is C9H7N3S. The molecule has 0 N–H and O–H groups in total. The lowest BCUT2D eigenvalue weighted by Crippen LogP contribution is -2.02. The van der Waals surface area contributed by atoms with Gasteiger partial charge in [-0.05, 0) is 12.1 Å². The molecule has 0 saturated heterocycles. The number of para-hydroxylation sites is 2. The van der Waals surface area contributed by atoms with Crippen LogP contribution in [-0.4, -0.2) is 21.8 Å². The van der Waals surface area contributed by atoms with E-state index >= 15 is 0 Å². The summed E-state index contributed by atoms with van der Waals surface area (Å²) in [4.78, 5) is 8.69. The highest BCUT2D eigenvalue weighted by molar-refractivity contribution is 7.99. The summed E-state index contributed by atoms with van der Waals surface area (Å²) in [7, 11) is 0. The third-order valence-corrected chi connectivity index (χ3v) is 2.85. The second kappa shape index (κ2) is 2.60. The highest BCUT2D eigenvalue weighted by Crippen LogP contribution is 2.24. The van der Waals surface area contributed by atoms with Crippen molar-refractivity contribution in [3.63, 3.8) is 0 Å². The van der Waals surface area contributed by atoms with Crippen LogP contribution in [0.15, 0.2) is 34.4 Å². The van der Waals surface area contributed by atoms with Crippen molar-refractivity contribution in [1.82, 2.24) is 9.55 Å². The highest BCUT2D eigenvalue weighted by atomic mass is 32.2. The van der Waals surface area contributed by atoms with Gasteiger partial charge in [0, 0.05) is 0 Å². The molecule has 0 atom stereocenters. The quantitative estimate of drug-likeness (QED) is 0.634. The number of aromatic nitrogens is 2. The number of fused-ring (bicyclic) bond motifs is 3. The zero-order valence-electron chi connectivity index (χ0n) is 6.84. The van der Waals surface area contributed by atoms with E-state index in [1.165, 1.54) is 0 Å². The predicted molar refractivity (Wildman–Crippen MR) is 54.3 cm³/mol. The number of imidazole rings is 1. The van der Waals surface area contributed by atoms with Crippen LogP contribution in [0.2, 0.25) is 0 Å². The summed E-state index contributed by atoms with van der Waals surface area (Å²) in [6.45, 7) is 0. The smallest absolute Gasteiger partial charge is 0.176 e. The maximum atomic E-state index is 4.49. The van der Waals surface area contributed by atoms with Crippen LogP contribution in [0.4, 0.5) is 0 Å². The first-order valence-electron chi connectivity index (χ1n) is 4.05. The van der Waals surface area contributed by atoms with Crippen molar-refractivity contribution in [2.45, 2.75) is 5.16 Å². The summed E-state index contributed by atoms with van der Waals surface area (Å²) in [5, 5.41) is 1.04. The Kier molecular flexibility index (Phi) is 1.43. The average Bonchev–Trinajstić information content (AvgIpc) is 2.56. The first-order valence-corrected chi connectivity index (χ1v) is 5.03. The molecule has 0 spiro atoms. The third kappa shape index (κ3) is 0.986. The van der Waals surface area contributed by atoms with Gasteiger partial charge in [-0.3, -0.25) is 9.56 Å². The minimum Gasteiger partial charge on any atom is -0.278 e. The number of rotatable bonds is 0. The Morgan fingerprint density at radius 2 is 2.23 bits per heavy atom. The molecule has 1 aromatic heterocycles. The number of thioether (sulfide) groups is 1. The second-order valence-electron chi connectivity index (χ2n) is 2.82. The Bertz CT molecular complexity index is 487.